The first-order valence-corrected chi connectivity index (χ1v) is 12.2. The van der Waals surface area contributed by atoms with Crippen molar-refractivity contribution in [2.24, 2.45) is 0 Å². The molecule has 4 nitrogen and oxygen atoms in total. The van der Waals surface area contributed by atoms with Crippen molar-refractivity contribution >= 4 is 11.8 Å². The van der Waals surface area contributed by atoms with E-state index in [1.165, 1.54) is 24.8 Å². The van der Waals surface area contributed by atoms with Crippen LogP contribution in [0.3, 0.4) is 0 Å². The number of methoxy groups -OCH3 is 1. The molecule has 1 spiro atoms. The molecular weight excluding hydrogens is 404 g/mol. The first-order valence-electron chi connectivity index (χ1n) is 11.2. The third-order valence-corrected chi connectivity index (χ3v) is 7.62. The summed E-state index contributed by atoms with van der Waals surface area (Å²) < 4.78 is 7.43. The lowest BCUT2D eigenvalue weighted by Gasteiger charge is -2.42. The zero-order valence-electron chi connectivity index (χ0n) is 18.2. The van der Waals surface area contributed by atoms with Crippen LogP contribution in [0.1, 0.15) is 50.2 Å². The van der Waals surface area contributed by atoms with Crippen LogP contribution < -0.4 is 10.3 Å². The minimum atomic E-state index is -0.120. The molecule has 2 aromatic carbocycles. The van der Waals surface area contributed by atoms with Gasteiger partial charge in [0.05, 0.1) is 24.1 Å². The first kappa shape index (κ1) is 20.4. The lowest BCUT2D eigenvalue weighted by molar-refractivity contribution is 0.283. The van der Waals surface area contributed by atoms with E-state index in [1.54, 1.807) is 23.4 Å². The van der Waals surface area contributed by atoms with Crippen LogP contribution in [0.25, 0.3) is 16.9 Å². The summed E-state index contributed by atoms with van der Waals surface area (Å²) in [5.74, 6) is 1.53. The summed E-state index contributed by atoms with van der Waals surface area (Å²) in [4.78, 5) is 19.5. The second kappa shape index (κ2) is 8.19. The molecule has 5 heteroatoms. The Morgan fingerprint density at radius 2 is 1.81 bits per heavy atom. The fourth-order valence-electron chi connectivity index (χ4n) is 5.44. The Morgan fingerprint density at radius 3 is 2.58 bits per heavy atom. The smallest absolute Gasteiger partial charge is 0.263 e. The molecule has 3 aromatic rings. The van der Waals surface area contributed by atoms with Crippen molar-refractivity contribution in [3.8, 4) is 22.7 Å². The summed E-state index contributed by atoms with van der Waals surface area (Å²) in [5, 5.41) is 0.735. The van der Waals surface area contributed by atoms with Gasteiger partial charge in [0, 0.05) is 11.0 Å². The lowest BCUT2D eigenvalue weighted by Crippen LogP contribution is -2.43. The molecular formula is C26H28N2O2S. The third kappa shape index (κ3) is 3.30. The molecule has 0 unspecified atom stereocenters. The van der Waals surface area contributed by atoms with Crippen LogP contribution in [0.5, 0.6) is 5.75 Å². The summed E-state index contributed by atoms with van der Waals surface area (Å²) in [6.07, 6.45) is 6.62. The van der Waals surface area contributed by atoms with Crippen LogP contribution >= 0.6 is 11.8 Å². The molecule has 0 saturated heterocycles. The van der Waals surface area contributed by atoms with E-state index in [0.29, 0.717) is 5.75 Å². The van der Waals surface area contributed by atoms with E-state index < -0.39 is 0 Å². The molecule has 5 rings (SSSR count). The van der Waals surface area contributed by atoms with E-state index in [4.69, 9.17) is 9.72 Å². The summed E-state index contributed by atoms with van der Waals surface area (Å²) in [6, 6.07) is 16.3. The number of para-hydroxylation sites is 2. The summed E-state index contributed by atoms with van der Waals surface area (Å²) in [6.45, 7) is 2.10. The van der Waals surface area contributed by atoms with Crippen LogP contribution in [-0.4, -0.2) is 22.4 Å². The van der Waals surface area contributed by atoms with Gasteiger partial charge in [0.25, 0.3) is 5.56 Å². The average molecular weight is 433 g/mol. The van der Waals surface area contributed by atoms with Crippen molar-refractivity contribution in [1.29, 1.82) is 0 Å². The molecule has 0 aliphatic heterocycles. The predicted molar refractivity (Wildman–Crippen MR) is 127 cm³/mol. The molecule has 0 N–H and O–H groups in total. The van der Waals surface area contributed by atoms with Gasteiger partial charge in [-0.15, -0.1) is 0 Å². The van der Waals surface area contributed by atoms with Crippen LogP contribution in [0.2, 0.25) is 0 Å². The van der Waals surface area contributed by atoms with E-state index in [2.05, 4.69) is 31.2 Å². The second-order valence-electron chi connectivity index (χ2n) is 8.54. The monoisotopic (exact) mass is 432 g/mol. The van der Waals surface area contributed by atoms with E-state index in [1.807, 2.05) is 24.3 Å². The van der Waals surface area contributed by atoms with Gasteiger partial charge >= 0.3 is 0 Å². The topological polar surface area (TPSA) is 44.1 Å². The number of fused-ring (bicyclic) bond motifs is 4. The van der Waals surface area contributed by atoms with Crippen LogP contribution in [0, 0.1) is 0 Å². The average Bonchev–Trinajstić information content (AvgIpc) is 2.80. The Balaban J connectivity index is 1.86. The Morgan fingerprint density at radius 1 is 1.06 bits per heavy atom. The van der Waals surface area contributed by atoms with Gasteiger partial charge < -0.3 is 4.74 Å². The quantitative estimate of drug-likeness (QED) is 0.387. The molecule has 0 amide bonds. The van der Waals surface area contributed by atoms with Gasteiger partial charge in [-0.2, -0.15) is 0 Å². The maximum atomic E-state index is 14.3. The summed E-state index contributed by atoms with van der Waals surface area (Å²) in [7, 11) is 1.65. The first-order chi connectivity index (χ1) is 15.2. The number of ether oxygens (including phenoxy) is 1. The number of nitrogens with zero attached hydrogens (tertiary/aromatic N) is 2. The largest absolute Gasteiger partial charge is 0.495 e. The second-order valence-corrected chi connectivity index (χ2v) is 9.77. The SMILES string of the molecule is CCSc1nc2c(c(=O)n1-c1ccccc1OC)C1(CCCCC1)Cc1ccccc1-2. The van der Waals surface area contributed by atoms with Crippen molar-refractivity contribution < 1.29 is 4.74 Å². The standard InChI is InChI=1S/C26H28N2O2S/c1-3-31-25-27-23-19-12-6-5-11-18(19)17-26(15-9-4-10-16-26)22(23)24(29)28(25)20-13-7-8-14-21(20)30-2/h5-8,11-14H,3-4,9-10,15-17H2,1-2H3. The molecule has 0 radical (unpaired) electrons. The molecule has 2 aliphatic rings. The third-order valence-electron chi connectivity index (χ3n) is 6.79. The molecule has 1 saturated carbocycles. The highest BCUT2D eigenvalue weighted by atomic mass is 32.2. The fourth-order valence-corrected chi connectivity index (χ4v) is 6.17. The minimum absolute atomic E-state index is 0.0712. The number of hydrogen-bond acceptors (Lipinski definition) is 4. The van der Waals surface area contributed by atoms with Gasteiger partial charge in [0.15, 0.2) is 5.16 Å². The molecule has 2 aliphatic carbocycles. The van der Waals surface area contributed by atoms with Gasteiger partial charge in [0.1, 0.15) is 5.75 Å². The molecule has 1 aromatic heterocycles. The highest BCUT2D eigenvalue weighted by Crippen LogP contribution is 2.49. The van der Waals surface area contributed by atoms with Gasteiger partial charge in [-0.25, -0.2) is 4.98 Å². The van der Waals surface area contributed by atoms with Gasteiger partial charge in [-0.1, -0.05) is 74.3 Å². The highest BCUT2D eigenvalue weighted by molar-refractivity contribution is 7.99. The molecule has 1 heterocycles. The summed E-state index contributed by atoms with van der Waals surface area (Å²) >= 11 is 1.61. The van der Waals surface area contributed by atoms with E-state index in [0.717, 1.165) is 52.7 Å². The summed E-state index contributed by atoms with van der Waals surface area (Å²) in [5.41, 5.74) is 4.98. The van der Waals surface area contributed by atoms with Crippen molar-refractivity contribution in [1.82, 2.24) is 9.55 Å². The predicted octanol–water partition coefficient (Wildman–Crippen LogP) is 5.78. The Labute approximate surface area is 187 Å². The van der Waals surface area contributed by atoms with Crippen LogP contribution in [-0.2, 0) is 11.8 Å². The molecule has 0 bridgehead atoms. The van der Waals surface area contributed by atoms with Gasteiger partial charge in [0.2, 0.25) is 0 Å². The van der Waals surface area contributed by atoms with E-state index in [9.17, 15) is 4.79 Å². The Bertz CT molecular complexity index is 1180. The molecule has 31 heavy (non-hydrogen) atoms. The Hall–Kier alpha value is -2.53. The lowest BCUT2D eigenvalue weighted by atomic mass is 9.62. The van der Waals surface area contributed by atoms with Gasteiger partial charge in [-0.05, 0) is 42.7 Å². The maximum absolute atomic E-state index is 14.3. The molecule has 0 atom stereocenters. The molecule has 160 valence electrons. The fraction of sp³-hybridized carbons (Fsp3) is 0.385. The van der Waals surface area contributed by atoms with Crippen molar-refractivity contribution in [2.45, 2.75) is 56.0 Å². The van der Waals surface area contributed by atoms with Gasteiger partial charge in [-0.3, -0.25) is 9.36 Å². The highest BCUT2D eigenvalue weighted by Gasteiger charge is 2.43. The number of benzene rings is 2. The normalized spacial score (nSPS) is 16.6. The van der Waals surface area contributed by atoms with Crippen molar-refractivity contribution in [3.63, 3.8) is 0 Å². The van der Waals surface area contributed by atoms with E-state index in [-0.39, 0.29) is 11.0 Å². The zero-order chi connectivity index (χ0) is 21.4. The van der Waals surface area contributed by atoms with Crippen LogP contribution in [0.15, 0.2) is 58.5 Å². The number of rotatable bonds is 4. The molecule has 1 fully saturated rings. The van der Waals surface area contributed by atoms with Crippen LogP contribution in [0.4, 0.5) is 0 Å². The van der Waals surface area contributed by atoms with E-state index >= 15 is 0 Å². The Kier molecular flexibility index (Phi) is 5.39. The number of thioether (sulfide) groups is 1. The van der Waals surface area contributed by atoms with Crippen molar-refractivity contribution in [2.75, 3.05) is 12.9 Å². The maximum Gasteiger partial charge on any atom is 0.263 e. The minimum Gasteiger partial charge on any atom is -0.495 e. The number of hydrogen-bond donors (Lipinski definition) is 0. The van der Waals surface area contributed by atoms with Crippen molar-refractivity contribution in [3.05, 3.63) is 70.0 Å². The zero-order valence-corrected chi connectivity index (χ0v) is 19.0. The number of aromatic nitrogens is 2.